The van der Waals surface area contributed by atoms with Gasteiger partial charge in [0.2, 0.25) is 0 Å². The Morgan fingerprint density at radius 2 is 2.31 bits per heavy atom. The van der Waals surface area contributed by atoms with Gasteiger partial charge < -0.3 is 10.3 Å². The first-order valence-electron chi connectivity index (χ1n) is 4.54. The lowest BCUT2D eigenvalue weighted by atomic mass is 10.4. The number of thioether (sulfide) groups is 1. The van der Waals surface area contributed by atoms with Crippen molar-refractivity contribution >= 4 is 11.8 Å². The topological polar surface area (TPSA) is 56.7 Å². The van der Waals surface area contributed by atoms with E-state index in [4.69, 9.17) is 5.73 Å². The molecule has 0 bridgehead atoms. The standard InChI is InChI=1S/C8H14N4S/c1-13-8-11-10-7(4-5-9)12(8)6-2-3-6/h6H,2-5,9H2,1H3. The average Bonchev–Trinajstić information content (AvgIpc) is 2.89. The molecule has 5 heteroatoms. The monoisotopic (exact) mass is 198 g/mol. The van der Waals surface area contributed by atoms with E-state index in [1.165, 1.54) is 12.8 Å². The third kappa shape index (κ3) is 1.71. The third-order valence-electron chi connectivity index (χ3n) is 2.20. The van der Waals surface area contributed by atoms with E-state index in [1.54, 1.807) is 11.8 Å². The highest BCUT2D eigenvalue weighted by atomic mass is 32.2. The normalized spacial score (nSPS) is 16.5. The molecule has 0 radical (unpaired) electrons. The molecular weight excluding hydrogens is 184 g/mol. The van der Waals surface area contributed by atoms with Gasteiger partial charge in [-0.15, -0.1) is 10.2 Å². The van der Waals surface area contributed by atoms with Gasteiger partial charge in [-0.25, -0.2) is 0 Å². The molecule has 1 aliphatic rings. The van der Waals surface area contributed by atoms with Crippen molar-refractivity contribution in [1.29, 1.82) is 0 Å². The second-order valence-electron chi connectivity index (χ2n) is 3.24. The largest absolute Gasteiger partial charge is 0.330 e. The second-order valence-corrected chi connectivity index (χ2v) is 4.02. The molecule has 72 valence electrons. The average molecular weight is 198 g/mol. The summed E-state index contributed by atoms with van der Waals surface area (Å²) >= 11 is 1.66. The van der Waals surface area contributed by atoms with E-state index in [2.05, 4.69) is 14.8 Å². The fourth-order valence-corrected chi connectivity index (χ4v) is 2.02. The maximum atomic E-state index is 5.51. The summed E-state index contributed by atoms with van der Waals surface area (Å²) in [5.41, 5.74) is 5.51. The van der Waals surface area contributed by atoms with Gasteiger partial charge in [-0.05, 0) is 25.6 Å². The van der Waals surface area contributed by atoms with Crippen LogP contribution in [0.3, 0.4) is 0 Å². The molecule has 0 amide bonds. The Labute approximate surface area is 81.9 Å². The summed E-state index contributed by atoms with van der Waals surface area (Å²) in [5.74, 6) is 1.05. The molecule has 13 heavy (non-hydrogen) atoms. The van der Waals surface area contributed by atoms with Crippen molar-refractivity contribution in [3.8, 4) is 0 Å². The Morgan fingerprint density at radius 3 is 2.85 bits per heavy atom. The quantitative estimate of drug-likeness (QED) is 0.728. The molecule has 1 fully saturated rings. The molecule has 0 saturated heterocycles. The Morgan fingerprint density at radius 1 is 1.54 bits per heavy atom. The van der Waals surface area contributed by atoms with Crippen molar-refractivity contribution in [1.82, 2.24) is 14.8 Å². The number of hydrogen-bond acceptors (Lipinski definition) is 4. The van der Waals surface area contributed by atoms with Crippen LogP contribution in [0.25, 0.3) is 0 Å². The van der Waals surface area contributed by atoms with Gasteiger partial charge in [-0.3, -0.25) is 0 Å². The molecule has 1 aliphatic carbocycles. The Hall–Kier alpha value is -0.550. The van der Waals surface area contributed by atoms with Crippen LogP contribution in [-0.2, 0) is 6.42 Å². The van der Waals surface area contributed by atoms with E-state index in [-0.39, 0.29) is 0 Å². The van der Waals surface area contributed by atoms with Crippen LogP contribution in [-0.4, -0.2) is 27.6 Å². The third-order valence-corrected chi connectivity index (χ3v) is 2.84. The summed E-state index contributed by atoms with van der Waals surface area (Å²) in [4.78, 5) is 0. The molecule has 1 heterocycles. The molecule has 2 N–H and O–H groups in total. The lowest BCUT2D eigenvalue weighted by molar-refractivity contribution is 0.624. The first-order valence-corrected chi connectivity index (χ1v) is 5.77. The van der Waals surface area contributed by atoms with Crippen molar-refractivity contribution in [3.05, 3.63) is 5.82 Å². The lowest BCUT2D eigenvalue weighted by Crippen LogP contribution is -2.09. The lowest BCUT2D eigenvalue weighted by Gasteiger charge is -2.05. The maximum Gasteiger partial charge on any atom is 0.191 e. The van der Waals surface area contributed by atoms with Gasteiger partial charge in [0, 0.05) is 12.5 Å². The second kappa shape index (κ2) is 3.67. The van der Waals surface area contributed by atoms with Gasteiger partial charge in [0.25, 0.3) is 0 Å². The van der Waals surface area contributed by atoms with E-state index >= 15 is 0 Å². The van der Waals surface area contributed by atoms with Crippen LogP contribution in [0.5, 0.6) is 0 Å². The zero-order valence-corrected chi connectivity index (χ0v) is 8.55. The molecule has 1 aromatic rings. The molecule has 0 aromatic carbocycles. The van der Waals surface area contributed by atoms with Crippen LogP contribution in [0.15, 0.2) is 5.16 Å². The maximum absolute atomic E-state index is 5.51. The van der Waals surface area contributed by atoms with Gasteiger partial charge in [-0.2, -0.15) is 0 Å². The van der Waals surface area contributed by atoms with Crippen LogP contribution in [0.1, 0.15) is 24.7 Å². The highest BCUT2D eigenvalue weighted by molar-refractivity contribution is 7.98. The minimum Gasteiger partial charge on any atom is -0.330 e. The molecule has 4 nitrogen and oxygen atoms in total. The summed E-state index contributed by atoms with van der Waals surface area (Å²) in [6.45, 7) is 0.652. The van der Waals surface area contributed by atoms with Gasteiger partial charge >= 0.3 is 0 Å². The van der Waals surface area contributed by atoms with E-state index in [0.29, 0.717) is 12.6 Å². The summed E-state index contributed by atoms with van der Waals surface area (Å²) in [7, 11) is 0. The van der Waals surface area contributed by atoms with Crippen molar-refractivity contribution in [2.75, 3.05) is 12.8 Å². The smallest absolute Gasteiger partial charge is 0.191 e. The van der Waals surface area contributed by atoms with Crippen molar-refractivity contribution in [3.63, 3.8) is 0 Å². The highest BCUT2D eigenvalue weighted by Gasteiger charge is 2.28. The van der Waals surface area contributed by atoms with Crippen molar-refractivity contribution in [2.24, 2.45) is 5.73 Å². The highest BCUT2D eigenvalue weighted by Crippen LogP contribution is 2.38. The number of aromatic nitrogens is 3. The fraction of sp³-hybridized carbons (Fsp3) is 0.750. The molecule has 0 spiro atoms. The minimum absolute atomic E-state index is 0.652. The van der Waals surface area contributed by atoms with E-state index in [0.717, 1.165) is 17.4 Å². The molecule has 0 atom stereocenters. The molecule has 1 saturated carbocycles. The Bertz CT molecular complexity index is 292. The zero-order chi connectivity index (χ0) is 9.26. The first-order chi connectivity index (χ1) is 6.36. The zero-order valence-electron chi connectivity index (χ0n) is 7.73. The van der Waals surface area contributed by atoms with E-state index in [9.17, 15) is 0 Å². The van der Waals surface area contributed by atoms with Crippen LogP contribution < -0.4 is 5.73 Å². The van der Waals surface area contributed by atoms with Crippen LogP contribution in [0.2, 0.25) is 0 Å². The first kappa shape index (κ1) is 9.02. The summed E-state index contributed by atoms with van der Waals surface area (Å²) in [6.07, 6.45) is 5.41. The van der Waals surface area contributed by atoms with Gasteiger partial charge in [0.05, 0.1) is 0 Å². The fourth-order valence-electron chi connectivity index (χ4n) is 1.45. The number of rotatable bonds is 4. The molecule has 1 aromatic heterocycles. The van der Waals surface area contributed by atoms with Gasteiger partial charge in [0.15, 0.2) is 5.16 Å². The van der Waals surface area contributed by atoms with Crippen LogP contribution in [0, 0.1) is 0 Å². The summed E-state index contributed by atoms with van der Waals surface area (Å²) < 4.78 is 2.25. The number of nitrogens with zero attached hydrogens (tertiary/aromatic N) is 3. The Kier molecular flexibility index (Phi) is 2.55. The minimum atomic E-state index is 0.652. The molecule has 0 aliphatic heterocycles. The molecule has 2 rings (SSSR count). The number of nitrogens with two attached hydrogens (primary N) is 1. The summed E-state index contributed by atoms with van der Waals surface area (Å²) in [5, 5.41) is 9.32. The number of hydrogen-bond donors (Lipinski definition) is 1. The molecular formula is C8H14N4S. The van der Waals surface area contributed by atoms with Crippen LogP contribution >= 0.6 is 11.8 Å². The van der Waals surface area contributed by atoms with E-state index in [1.807, 2.05) is 6.26 Å². The van der Waals surface area contributed by atoms with Gasteiger partial charge in [0.1, 0.15) is 5.82 Å². The molecule has 0 unspecified atom stereocenters. The predicted molar refractivity (Wildman–Crippen MR) is 52.8 cm³/mol. The Balaban J connectivity index is 2.27. The van der Waals surface area contributed by atoms with Crippen LogP contribution in [0.4, 0.5) is 0 Å². The van der Waals surface area contributed by atoms with Crippen molar-refractivity contribution in [2.45, 2.75) is 30.5 Å². The SMILES string of the molecule is CSc1nnc(CCN)n1C1CC1. The van der Waals surface area contributed by atoms with E-state index < -0.39 is 0 Å². The predicted octanol–water partition coefficient (Wildman–Crippen LogP) is 0.836. The van der Waals surface area contributed by atoms with Crippen molar-refractivity contribution < 1.29 is 0 Å². The van der Waals surface area contributed by atoms with Gasteiger partial charge in [-0.1, -0.05) is 11.8 Å². The summed E-state index contributed by atoms with van der Waals surface area (Å²) in [6, 6.07) is 0.652.